The van der Waals surface area contributed by atoms with Gasteiger partial charge in [-0.2, -0.15) is 0 Å². The number of halogens is 1. The van der Waals surface area contributed by atoms with Crippen LogP contribution in [0.1, 0.15) is 42.6 Å². The summed E-state index contributed by atoms with van der Waals surface area (Å²) in [6, 6.07) is 15.1. The van der Waals surface area contributed by atoms with Crippen LogP contribution in [-0.2, 0) is 0 Å². The Hall–Kier alpha value is -1.59. The van der Waals surface area contributed by atoms with Gasteiger partial charge in [-0.05, 0) is 36.6 Å². The van der Waals surface area contributed by atoms with Crippen molar-refractivity contribution < 1.29 is 14.9 Å². The van der Waals surface area contributed by atoms with Gasteiger partial charge in [-0.3, -0.25) is 0 Å². The summed E-state index contributed by atoms with van der Waals surface area (Å²) in [5, 5.41) is 21.7. The summed E-state index contributed by atoms with van der Waals surface area (Å²) >= 11 is 5.91. The normalized spacial score (nSPS) is 23.3. The molecule has 0 aromatic heterocycles. The summed E-state index contributed by atoms with van der Waals surface area (Å²) in [6.07, 6.45) is 1.35. The van der Waals surface area contributed by atoms with Crippen LogP contribution in [0.4, 0.5) is 0 Å². The number of para-hydroxylation sites is 1. The van der Waals surface area contributed by atoms with Gasteiger partial charge in [-0.1, -0.05) is 41.9 Å². The van der Waals surface area contributed by atoms with E-state index in [-0.39, 0.29) is 5.60 Å². The van der Waals surface area contributed by atoms with Crippen LogP contribution in [0.2, 0.25) is 5.02 Å². The average Bonchev–Trinajstić information content (AvgIpc) is 2.64. The number of aliphatic hydroxyl groups excluding tert-OH is 2. The van der Waals surface area contributed by atoms with E-state index in [9.17, 15) is 10.2 Å². The Morgan fingerprint density at radius 1 is 1.12 bits per heavy atom. The van der Waals surface area contributed by atoms with Crippen molar-refractivity contribution in [1.29, 1.82) is 0 Å². The molecule has 2 heterocycles. The van der Waals surface area contributed by atoms with Crippen molar-refractivity contribution in [3.05, 3.63) is 64.7 Å². The highest BCUT2D eigenvalue weighted by Gasteiger charge is 2.42. The minimum absolute atomic E-state index is 0.296. The molecular formula is C21H24ClNO3. The van der Waals surface area contributed by atoms with Crippen LogP contribution in [0.5, 0.6) is 5.75 Å². The Bertz CT molecular complexity index is 756. The third-order valence-electron chi connectivity index (χ3n) is 5.62. The lowest BCUT2D eigenvalue weighted by Gasteiger charge is -2.46. The van der Waals surface area contributed by atoms with E-state index in [1.165, 1.54) is 0 Å². The van der Waals surface area contributed by atoms with Gasteiger partial charge in [0.1, 0.15) is 11.4 Å². The predicted octanol–water partition coefficient (Wildman–Crippen LogP) is 3.72. The highest BCUT2D eigenvalue weighted by atomic mass is 35.5. The van der Waals surface area contributed by atoms with Gasteiger partial charge in [0, 0.05) is 36.6 Å². The number of aliphatic hydroxyl groups is 2. The van der Waals surface area contributed by atoms with E-state index in [2.05, 4.69) is 4.90 Å². The number of β-amino-alcohol motifs (C(OH)–C–C–N with tert-alkyl or cyclic N) is 1. The van der Waals surface area contributed by atoms with Crippen LogP contribution >= 0.6 is 11.6 Å². The first-order valence-electron chi connectivity index (χ1n) is 9.17. The number of hydrogen-bond donors (Lipinski definition) is 2. The van der Waals surface area contributed by atoms with Gasteiger partial charge in [0.15, 0.2) is 0 Å². The van der Waals surface area contributed by atoms with Crippen LogP contribution in [0.3, 0.4) is 0 Å². The first kappa shape index (κ1) is 17.8. The van der Waals surface area contributed by atoms with Gasteiger partial charge in [0.25, 0.3) is 0 Å². The van der Waals surface area contributed by atoms with Crippen LogP contribution in [0.15, 0.2) is 48.5 Å². The van der Waals surface area contributed by atoms with Crippen molar-refractivity contribution in [2.45, 2.75) is 37.1 Å². The van der Waals surface area contributed by atoms with Gasteiger partial charge in [0.2, 0.25) is 0 Å². The number of nitrogens with zero attached hydrogens (tertiary/aromatic N) is 1. The molecule has 1 spiro atoms. The van der Waals surface area contributed by atoms with E-state index in [4.69, 9.17) is 16.3 Å². The molecule has 2 aliphatic rings. The van der Waals surface area contributed by atoms with Crippen molar-refractivity contribution >= 4 is 11.6 Å². The number of piperidine rings is 1. The van der Waals surface area contributed by atoms with Crippen molar-refractivity contribution in [2.75, 3.05) is 19.6 Å². The second-order valence-corrected chi connectivity index (χ2v) is 7.85. The number of ether oxygens (including phenoxy) is 1. The Labute approximate surface area is 159 Å². The summed E-state index contributed by atoms with van der Waals surface area (Å²) in [6.45, 7) is 2.29. The maximum absolute atomic E-state index is 10.5. The lowest BCUT2D eigenvalue weighted by molar-refractivity contribution is -0.0587. The predicted molar refractivity (Wildman–Crippen MR) is 101 cm³/mol. The highest BCUT2D eigenvalue weighted by Crippen LogP contribution is 2.44. The molecule has 4 nitrogen and oxygen atoms in total. The van der Waals surface area contributed by atoms with Gasteiger partial charge in [-0.25, -0.2) is 0 Å². The van der Waals surface area contributed by atoms with Gasteiger partial charge in [0.05, 0.1) is 12.2 Å². The van der Waals surface area contributed by atoms with Crippen LogP contribution in [0, 0.1) is 0 Å². The molecule has 0 bridgehead atoms. The molecule has 2 aromatic carbocycles. The van der Waals surface area contributed by atoms with Crippen molar-refractivity contribution in [1.82, 2.24) is 4.90 Å². The molecule has 1 saturated heterocycles. The molecule has 4 rings (SSSR count). The number of rotatable bonds is 3. The maximum atomic E-state index is 10.5. The summed E-state index contributed by atoms with van der Waals surface area (Å²) in [4.78, 5) is 2.26. The fourth-order valence-corrected chi connectivity index (χ4v) is 4.20. The van der Waals surface area contributed by atoms with Crippen molar-refractivity contribution in [3.63, 3.8) is 0 Å². The number of hydrogen-bond acceptors (Lipinski definition) is 4. The Morgan fingerprint density at radius 3 is 2.54 bits per heavy atom. The van der Waals surface area contributed by atoms with E-state index in [0.29, 0.717) is 18.0 Å². The fourth-order valence-electron chi connectivity index (χ4n) is 4.07. The summed E-state index contributed by atoms with van der Waals surface area (Å²) in [5.74, 6) is 0.806. The molecule has 2 aromatic rings. The Kier molecular flexibility index (Phi) is 4.93. The van der Waals surface area contributed by atoms with Crippen LogP contribution in [0.25, 0.3) is 0 Å². The Morgan fingerprint density at radius 2 is 1.81 bits per heavy atom. The molecule has 5 heteroatoms. The zero-order chi connectivity index (χ0) is 18.1. The number of benzene rings is 2. The molecule has 0 unspecified atom stereocenters. The third kappa shape index (κ3) is 3.60. The largest absolute Gasteiger partial charge is 0.487 e. The van der Waals surface area contributed by atoms with Gasteiger partial charge >= 0.3 is 0 Å². The van der Waals surface area contributed by atoms with E-state index >= 15 is 0 Å². The van der Waals surface area contributed by atoms with Crippen molar-refractivity contribution in [3.8, 4) is 5.75 Å². The van der Waals surface area contributed by atoms with E-state index in [0.717, 1.165) is 42.8 Å². The number of likely N-dealkylation sites (tertiary alicyclic amines) is 1. The fraction of sp³-hybridized carbons (Fsp3) is 0.429. The molecular weight excluding hydrogens is 350 g/mol. The molecule has 0 saturated carbocycles. The minimum atomic E-state index is -0.528. The van der Waals surface area contributed by atoms with E-state index in [1.54, 1.807) is 12.1 Å². The average molecular weight is 374 g/mol. The molecule has 0 radical (unpaired) electrons. The molecule has 2 atom stereocenters. The minimum Gasteiger partial charge on any atom is -0.487 e. The lowest BCUT2D eigenvalue weighted by atomic mass is 9.81. The van der Waals surface area contributed by atoms with Gasteiger partial charge < -0.3 is 19.8 Å². The third-order valence-corrected chi connectivity index (χ3v) is 5.88. The van der Waals surface area contributed by atoms with Gasteiger partial charge in [-0.15, -0.1) is 0 Å². The lowest BCUT2D eigenvalue weighted by Crippen LogP contribution is -2.51. The first-order chi connectivity index (χ1) is 12.5. The van der Waals surface area contributed by atoms with Crippen LogP contribution < -0.4 is 4.74 Å². The summed E-state index contributed by atoms with van der Waals surface area (Å²) in [7, 11) is 0. The monoisotopic (exact) mass is 373 g/mol. The summed E-state index contributed by atoms with van der Waals surface area (Å²) in [5.41, 5.74) is 1.47. The Balaban J connectivity index is 1.38. The highest BCUT2D eigenvalue weighted by molar-refractivity contribution is 6.30. The molecule has 0 amide bonds. The zero-order valence-electron chi connectivity index (χ0n) is 14.6. The maximum Gasteiger partial charge on any atom is 0.125 e. The molecule has 2 N–H and O–H groups in total. The SMILES string of the molecule is O[C@@H](CN1CCC2(CC1)C[C@H](O)c1ccccc1O2)c1ccc(Cl)cc1. The van der Waals surface area contributed by atoms with Crippen LogP contribution in [-0.4, -0.2) is 40.3 Å². The smallest absolute Gasteiger partial charge is 0.125 e. The number of fused-ring (bicyclic) bond motifs is 1. The van der Waals surface area contributed by atoms with E-state index < -0.39 is 12.2 Å². The quantitative estimate of drug-likeness (QED) is 0.860. The molecule has 138 valence electrons. The standard InChI is InChI=1S/C21H24ClNO3/c22-16-7-5-15(6-8-16)19(25)14-23-11-9-21(10-12-23)13-18(24)17-3-1-2-4-20(17)26-21/h1-8,18-19,24-25H,9-14H2/t18-,19-/m0/s1. The molecule has 2 aliphatic heterocycles. The molecule has 26 heavy (non-hydrogen) atoms. The second kappa shape index (κ2) is 7.20. The van der Waals surface area contributed by atoms with Crippen molar-refractivity contribution in [2.24, 2.45) is 0 Å². The molecule has 1 fully saturated rings. The molecule has 0 aliphatic carbocycles. The first-order valence-corrected chi connectivity index (χ1v) is 9.54. The topological polar surface area (TPSA) is 52.9 Å². The van der Waals surface area contributed by atoms with E-state index in [1.807, 2.05) is 36.4 Å². The zero-order valence-corrected chi connectivity index (χ0v) is 15.4. The summed E-state index contributed by atoms with van der Waals surface area (Å²) < 4.78 is 6.32. The second-order valence-electron chi connectivity index (χ2n) is 7.41.